The van der Waals surface area contributed by atoms with Gasteiger partial charge in [-0.15, -0.1) is 0 Å². The summed E-state index contributed by atoms with van der Waals surface area (Å²) >= 11 is 0. The molecule has 0 spiro atoms. The van der Waals surface area contributed by atoms with Crippen LogP contribution in [0.4, 0.5) is 50.5 Å². The third kappa shape index (κ3) is 15.1. The molecule has 6 rings (SSSR count). The maximum absolute atomic E-state index is 14.5. The lowest BCUT2D eigenvalue weighted by molar-refractivity contribution is -0.239. The van der Waals surface area contributed by atoms with Crippen molar-refractivity contribution in [3.63, 3.8) is 0 Å². The number of ether oxygens (including phenoxy) is 3. The third-order valence-electron chi connectivity index (χ3n) is 13.4. The number of halogens is 8. The van der Waals surface area contributed by atoms with E-state index in [1.807, 2.05) is 22.8 Å². The van der Waals surface area contributed by atoms with Gasteiger partial charge in [-0.3, -0.25) is 19.9 Å². The Hall–Kier alpha value is -7.08. The van der Waals surface area contributed by atoms with Crippen LogP contribution in [0.15, 0.2) is 79.3 Å². The fourth-order valence-electron chi connectivity index (χ4n) is 8.16. The molecule has 418 valence electrons. The Labute approximate surface area is 438 Å². The molecule has 0 radical (unpaired) electrons. The first kappa shape index (κ1) is 59.2. The number of anilines is 1. The molecular formula is C51H60F8N10O8. The van der Waals surface area contributed by atoms with Crippen molar-refractivity contribution < 1.29 is 73.6 Å². The summed E-state index contributed by atoms with van der Waals surface area (Å²) in [5, 5.41) is 22.9. The molecule has 4 amide bonds. The average molecular weight is 1090 g/mol. The van der Waals surface area contributed by atoms with Gasteiger partial charge < -0.3 is 40.2 Å². The normalized spacial score (nSPS) is 16.3. The molecule has 4 atom stereocenters. The minimum absolute atomic E-state index is 0.288. The summed E-state index contributed by atoms with van der Waals surface area (Å²) in [7, 11) is 1.91. The van der Waals surface area contributed by atoms with E-state index in [1.165, 1.54) is 30.5 Å². The summed E-state index contributed by atoms with van der Waals surface area (Å²) in [5.74, 6) is 3.95. The summed E-state index contributed by atoms with van der Waals surface area (Å²) in [6.45, 7) is 3.30. The lowest BCUT2D eigenvalue weighted by Gasteiger charge is -2.42. The lowest BCUT2D eigenvalue weighted by Crippen LogP contribution is -2.62. The van der Waals surface area contributed by atoms with Crippen LogP contribution >= 0.6 is 0 Å². The second kappa shape index (κ2) is 24.9. The summed E-state index contributed by atoms with van der Waals surface area (Å²) in [6.07, 6.45) is -13.9. The van der Waals surface area contributed by atoms with Crippen molar-refractivity contribution in [3.05, 3.63) is 102 Å². The number of amides is 4. The molecule has 0 unspecified atom stereocenters. The van der Waals surface area contributed by atoms with E-state index < -0.39 is 91.1 Å². The Morgan fingerprint density at radius 1 is 0.792 bits per heavy atom. The number of hydrazine groups is 1. The fraction of sp³-hybridized carbons (Fsp3) is 0.490. The molecule has 2 aromatic carbocycles. The minimum atomic E-state index is -5.14. The molecule has 0 bridgehead atoms. The zero-order valence-electron chi connectivity index (χ0n) is 42.8. The second-order valence-electron chi connectivity index (χ2n) is 19.5. The number of aliphatic hydroxyl groups is 1. The predicted octanol–water partition coefficient (Wildman–Crippen LogP) is 5.81. The summed E-state index contributed by atoms with van der Waals surface area (Å²) in [4.78, 5) is 62.0. The van der Waals surface area contributed by atoms with Gasteiger partial charge in [-0.25, -0.2) is 24.3 Å². The number of hydrogen-bond acceptors (Lipinski definition) is 13. The topological polar surface area (TPSA) is 205 Å². The smallest absolute Gasteiger partial charge is 0.407 e. The molecule has 2 aliphatic heterocycles. The zero-order valence-corrected chi connectivity index (χ0v) is 42.8. The number of aromatic nitrogens is 3. The van der Waals surface area contributed by atoms with Crippen LogP contribution in [0.2, 0.25) is 0 Å². The quantitative estimate of drug-likeness (QED) is 0.0428. The molecule has 0 aliphatic carbocycles. The molecule has 2 aliphatic rings. The molecule has 2 aromatic heterocycles. The van der Waals surface area contributed by atoms with E-state index in [2.05, 4.69) is 47.2 Å². The van der Waals surface area contributed by atoms with Crippen molar-refractivity contribution in [1.82, 2.24) is 46.0 Å². The van der Waals surface area contributed by atoms with Gasteiger partial charge in [0.2, 0.25) is 5.91 Å². The van der Waals surface area contributed by atoms with E-state index in [0.717, 1.165) is 70.6 Å². The van der Waals surface area contributed by atoms with Crippen LogP contribution in [0.25, 0.3) is 11.1 Å². The van der Waals surface area contributed by atoms with E-state index in [4.69, 9.17) is 9.47 Å². The minimum Gasteiger partial charge on any atom is -0.453 e. The Morgan fingerprint density at radius 3 is 1.94 bits per heavy atom. The number of carbonyl (C=O) groups excluding carboxylic acids is 4. The number of benzene rings is 2. The van der Waals surface area contributed by atoms with Gasteiger partial charge in [-0.2, -0.15) is 40.2 Å². The van der Waals surface area contributed by atoms with Gasteiger partial charge in [-0.1, -0.05) is 48.2 Å². The number of piperazine rings is 1. The first-order valence-corrected chi connectivity index (χ1v) is 24.2. The highest BCUT2D eigenvalue weighted by Gasteiger charge is 2.58. The first-order chi connectivity index (χ1) is 36.2. The molecule has 4 aromatic rings. The number of alkyl carbamates (subject to hydrolysis) is 2. The third-order valence-corrected chi connectivity index (χ3v) is 13.4. The summed E-state index contributed by atoms with van der Waals surface area (Å²) in [6, 6.07) is 12.5. The molecular weight excluding hydrogens is 1030 g/mol. The number of methoxy groups -OCH3 is 1. The highest BCUT2D eigenvalue weighted by Crippen LogP contribution is 2.42. The van der Waals surface area contributed by atoms with Crippen molar-refractivity contribution in [1.29, 1.82) is 0 Å². The van der Waals surface area contributed by atoms with Crippen LogP contribution in [0, 0.1) is 22.7 Å². The number of rotatable bonds is 19. The number of alkyl halides is 8. The Balaban J connectivity index is 1.29. The van der Waals surface area contributed by atoms with E-state index in [-0.39, 0.29) is 12.0 Å². The maximum Gasteiger partial charge on any atom is 0.407 e. The standard InChI is InChI=1S/C51H60F8N10O8/c1-48(2,50(54,55)56)41(64-47(74)75-6)43(71)63-38(23-32-10-7-31(8-11-32)9-12-33-15-18-40(61-24-33)67-21-19-66(20-22-67)37-29-76-30-37)39(70)28-68(65-44(72)42(77-46(73)60-5)49(3,4)51(57,58)59)26-34-13-16-35(17-14-34)36-25-62-69(27-36)45(52)53/h7-8,10-11,13-18,24-25,27,37-39,41-42,45,70H,19-23,26,28-30H2,1-6H3,(H,60,73)(H,63,71)(H,64,74)(H,65,72)/t38-,39-,41+,42+/m0/s1. The molecule has 5 N–H and O–H groups in total. The van der Waals surface area contributed by atoms with E-state index in [9.17, 15) is 59.4 Å². The van der Waals surface area contributed by atoms with Gasteiger partial charge in [0.1, 0.15) is 17.3 Å². The lowest BCUT2D eigenvalue weighted by atomic mass is 9.82. The molecule has 26 heteroatoms. The number of carbonyl (C=O) groups is 4. The van der Waals surface area contributed by atoms with Gasteiger partial charge in [0.25, 0.3) is 5.91 Å². The van der Waals surface area contributed by atoms with E-state index in [0.29, 0.717) is 66.2 Å². The van der Waals surface area contributed by atoms with Crippen molar-refractivity contribution in [3.8, 4) is 23.0 Å². The van der Waals surface area contributed by atoms with Crippen molar-refractivity contribution in [2.24, 2.45) is 10.8 Å². The Morgan fingerprint density at radius 2 is 1.40 bits per heavy atom. The monoisotopic (exact) mass is 1090 g/mol. The highest BCUT2D eigenvalue weighted by atomic mass is 19.4. The fourth-order valence-corrected chi connectivity index (χ4v) is 8.16. The van der Waals surface area contributed by atoms with E-state index in [1.54, 1.807) is 30.5 Å². The SMILES string of the molecule is CNC(=O)O[C@H](C(=O)NN(Cc1ccc(-c2cnn(C(F)F)c2)cc1)C[C@H](O)[C@H](Cc1ccc(C#Cc2ccc(N3CCN(C4COC4)CC3)nc2)cc1)NC(=O)[C@@H](NC(=O)OC)C(C)(C)C(F)(F)F)C(C)(C)C(F)(F)F. The van der Waals surface area contributed by atoms with Crippen molar-refractivity contribution in [2.45, 2.75) is 89.9 Å². The zero-order chi connectivity index (χ0) is 56.5. The van der Waals surface area contributed by atoms with Crippen molar-refractivity contribution in [2.75, 3.05) is 65.0 Å². The number of pyridine rings is 1. The summed E-state index contributed by atoms with van der Waals surface area (Å²) in [5.41, 5.74) is -1.19. The van der Waals surface area contributed by atoms with Gasteiger partial charge >= 0.3 is 31.1 Å². The molecule has 4 heterocycles. The average Bonchev–Trinajstić information content (AvgIpc) is 3.87. The number of nitrogens with zero attached hydrogens (tertiary/aromatic N) is 6. The van der Waals surface area contributed by atoms with Crippen LogP contribution in [0.5, 0.6) is 0 Å². The van der Waals surface area contributed by atoms with Gasteiger partial charge in [0.05, 0.1) is 50.1 Å². The summed E-state index contributed by atoms with van der Waals surface area (Å²) < 4.78 is 129. The predicted molar refractivity (Wildman–Crippen MR) is 262 cm³/mol. The van der Waals surface area contributed by atoms with Gasteiger partial charge in [-0.05, 0) is 75.1 Å². The second-order valence-corrected chi connectivity index (χ2v) is 19.5. The largest absolute Gasteiger partial charge is 0.453 e. The highest BCUT2D eigenvalue weighted by molar-refractivity contribution is 5.87. The number of hydrogen-bond donors (Lipinski definition) is 5. The van der Waals surface area contributed by atoms with Gasteiger partial charge in [0.15, 0.2) is 6.10 Å². The molecule has 77 heavy (non-hydrogen) atoms. The van der Waals surface area contributed by atoms with Crippen LogP contribution in [-0.2, 0) is 36.8 Å². The van der Waals surface area contributed by atoms with Crippen LogP contribution in [0.1, 0.15) is 56.5 Å². The van der Waals surface area contributed by atoms with Crippen LogP contribution in [0.3, 0.4) is 0 Å². The molecule has 18 nitrogen and oxygen atoms in total. The van der Waals surface area contributed by atoms with E-state index >= 15 is 0 Å². The molecule has 2 fully saturated rings. The van der Waals surface area contributed by atoms with Crippen LogP contribution in [-0.4, -0.2) is 157 Å². The molecule has 0 saturated carbocycles. The molecule has 2 saturated heterocycles. The maximum atomic E-state index is 14.5. The first-order valence-electron chi connectivity index (χ1n) is 24.2. The van der Waals surface area contributed by atoms with Crippen LogP contribution < -0.4 is 26.3 Å². The Bertz CT molecular complexity index is 2700. The Kier molecular flexibility index (Phi) is 19.2. The number of aliphatic hydroxyl groups excluding tert-OH is 1. The van der Waals surface area contributed by atoms with Gasteiger partial charge in [0, 0.05) is 75.4 Å². The van der Waals surface area contributed by atoms with Crippen molar-refractivity contribution >= 4 is 29.8 Å². The number of nitrogens with one attached hydrogen (secondary N) is 4.